The summed E-state index contributed by atoms with van der Waals surface area (Å²) in [5, 5.41) is 0. The summed E-state index contributed by atoms with van der Waals surface area (Å²) in [6.45, 7) is 7.19. The third-order valence-electron chi connectivity index (χ3n) is 1.18. The molecule has 2 N–H and O–H groups in total. The first-order chi connectivity index (χ1) is 4.72. The Kier molecular flexibility index (Phi) is 4.54. The van der Waals surface area contributed by atoms with Gasteiger partial charge in [0.15, 0.2) is 0 Å². The number of nitrogens with two attached hydrogens (primary N) is 1. The topological polar surface area (TPSA) is 38.9 Å². The van der Waals surface area contributed by atoms with Crippen LogP contribution in [-0.2, 0) is 32.7 Å². The molecule has 2 nitrogen and oxygen atoms in total. The fraction of sp³-hybridized carbons (Fsp3) is 0.125. The van der Waals surface area contributed by atoms with Gasteiger partial charge in [0.25, 0.3) is 0 Å². The first-order valence-corrected chi connectivity index (χ1v) is 3.01. The van der Waals surface area contributed by atoms with Crippen LogP contribution in [0, 0.1) is 13.5 Å². The van der Waals surface area contributed by atoms with Crippen LogP contribution in [0.25, 0.3) is 6.08 Å². The van der Waals surface area contributed by atoms with Crippen LogP contribution >= 0.6 is 0 Å². The van der Waals surface area contributed by atoms with Crippen LogP contribution in [0.4, 0.5) is 5.82 Å². The Bertz CT molecular complexity index is 238. The Hall–Kier alpha value is -0.206. The van der Waals surface area contributed by atoms with Gasteiger partial charge in [-0.25, -0.2) is 6.08 Å². The zero-order chi connectivity index (χ0) is 7.56. The number of aryl methyl sites for hydroxylation is 1. The molecule has 1 rings (SSSR count). The van der Waals surface area contributed by atoms with Crippen LogP contribution in [0.1, 0.15) is 11.3 Å². The van der Waals surface area contributed by atoms with Crippen LogP contribution in [0.3, 0.4) is 0 Å². The Labute approximate surface area is 91.8 Å². The van der Waals surface area contributed by atoms with Crippen molar-refractivity contribution in [2.45, 2.75) is 6.92 Å². The maximum atomic E-state index is 5.45. The van der Waals surface area contributed by atoms with Gasteiger partial charge in [-0.3, -0.25) is 6.58 Å². The third kappa shape index (κ3) is 3.13. The van der Waals surface area contributed by atoms with Crippen molar-refractivity contribution in [1.82, 2.24) is 4.98 Å². The van der Waals surface area contributed by atoms with Crippen molar-refractivity contribution in [2.24, 2.45) is 0 Å². The van der Waals surface area contributed by atoms with E-state index < -0.39 is 0 Å². The Morgan fingerprint density at radius 2 is 2.18 bits per heavy atom. The number of hydrogen-bond donors (Lipinski definition) is 1. The number of hydrogen-bond acceptors (Lipinski definition) is 2. The normalized spacial score (nSPS) is 8.45. The van der Waals surface area contributed by atoms with Gasteiger partial charge in [-0.05, 0) is 13.0 Å². The fourth-order valence-electron chi connectivity index (χ4n) is 0.807. The van der Waals surface area contributed by atoms with Crippen LogP contribution in [0.15, 0.2) is 12.1 Å². The predicted octanol–water partition coefficient (Wildman–Crippen LogP) is 1.42. The van der Waals surface area contributed by atoms with Gasteiger partial charge in [0.1, 0.15) is 5.82 Å². The second-order valence-corrected chi connectivity index (χ2v) is 2.16. The maximum absolute atomic E-state index is 5.45. The van der Waals surface area contributed by atoms with Gasteiger partial charge in [-0.2, -0.15) is 0 Å². The fourth-order valence-corrected chi connectivity index (χ4v) is 0.807. The third-order valence-corrected chi connectivity index (χ3v) is 1.18. The number of pyridine rings is 1. The molecule has 0 aliphatic carbocycles. The average molecular weight is 222 g/mol. The van der Waals surface area contributed by atoms with E-state index in [1.165, 1.54) is 6.08 Å². The molecule has 1 radical (unpaired) electrons. The molecule has 0 atom stereocenters. The predicted molar refractivity (Wildman–Crippen MR) is 42.2 cm³/mol. The van der Waals surface area contributed by atoms with E-state index in [9.17, 15) is 0 Å². The van der Waals surface area contributed by atoms with Gasteiger partial charge in [0.05, 0.1) is 0 Å². The van der Waals surface area contributed by atoms with Crippen molar-refractivity contribution >= 4 is 11.9 Å². The van der Waals surface area contributed by atoms with Crippen molar-refractivity contribution in [1.29, 1.82) is 0 Å². The van der Waals surface area contributed by atoms with Crippen molar-refractivity contribution in [3.63, 3.8) is 0 Å². The van der Waals surface area contributed by atoms with Crippen molar-refractivity contribution < 1.29 is 32.7 Å². The van der Waals surface area contributed by atoms with Gasteiger partial charge < -0.3 is 10.7 Å². The average Bonchev–Trinajstić information content (AvgIpc) is 1.85. The van der Waals surface area contributed by atoms with Gasteiger partial charge in [0.2, 0.25) is 0 Å². The minimum absolute atomic E-state index is 0. The quantitative estimate of drug-likeness (QED) is 0.729. The van der Waals surface area contributed by atoms with E-state index in [1.807, 2.05) is 13.0 Å². The largest absolute Gasteiger partial charge is 0.385 e. The minimum Gasteiger partial charge on any atom is -0.385 e. The van der Waals surface area contributed by atoms with E-state index in [1.54, 1.807) is 6.07 Å². The van der Waals surface area contributed by atoms with Gasteiger partial charge >= 0.3 is 0 Å². The van der Waals surface area contributed by atoms with Gasteiger partial charge in [-0.1, -0.05) is 11.3 Å². The molecule has 11 heavy (non-hydrogen) atoms. The molecular formula is C8H9N2Y-. The number of nitrogen functional groups attached to an aromatic ring is 1. The molecule has 0 fully saturated rings. The summed E-state index contributed by atoms with van der Waals surface area (Å²) < 4.78 is 0. The number of aromatic nitrogens is 1. The van der Waals surface area contributed by atoms with E-state index in [2.05, 4.69) is 4.98 Å². The molecule has 0 saturated heterocycles. The Morgan fingerprint density at radius 1 is 1.55 bits per heavy atom. The summed E-state index contributed by atoms with van der Waals surface area (Å²) in [5.74, 6) is 0.511. The van der Waals surface area contributed by atoms with Crippen molar-refractivity contribution in [3.05, 3.63) is 30.0 Å². The molecule has 1 aromatic heterocycles. The van der Waals surface area contributed by atoms with E-state index in [-0.39, 0.29) is 32.7 Å². The number of anilines is 1. The first kappa shape index (κ1) is 10.8. The molecule has 1 aromatic rings. The van der Waals surface area contributed by atoms with E-state index >= 15 is 0 Å². The molecule has 0 aliphatic heterocycles. The summed E-state index contributed by atoms with van der Waals surface area (Å²) in [5.41, 5.74) is 7.24. The number of nitrogens with zero attached hydrogens (tertiary/aromatic N) is 1. The summed E-state index contributed by atoms with van der Waals surface area (Å²) in [6.07, 6.45) is 1.43. The van der Waals surface area contributed by atoms with E-state index in [0.29, 0.717) is 5.82 Å². The summed E-state index contributed by atoms with van der Waals surface area (Å²) in [6, 6.07) is 3.67. The molecule has 0 spiro atoms. The van der Waals surface area contributed by atoms with Crippen LogP contribution in [0.5, 0.6) is 0 Å². The summed E-state index contributed by atoms with van der Waals surface area (Å²) in [7, 11) is 0. The molecule has 0 bridgehead atoms. The van der Waals surface area contributed by atoms with E-state index in [4.69, 9.17) is 12.3 Å². The van der Waals surface area contributed by atoms with E-state index in [0.717, 1.165) is 11.3 Å². The molecule has 0 unspecified atom stereocenters. The van der Waals surface area contributed by atoms with Crippen LogP contribution in [0.2, 0.25) is 0 Å². The first-order valence-electron chi connectivity index (χ1n) is 3.01. The van der Waals surface area contributed by atoms with Crippen LogP contribution in [-0.4, -0.2) is 4.98 Å². The minimum atomic E-state index is 0. The second-order valence-electron chi connectivity index (χ2n) is 2.16. The molecule has 0 aliphatic rings. The zero-order valence-electron chi connectivity index (χ0n) is 6.41. The molecule has 3 heteroatoms. The summed E-state index contributed by atoms with van der Waals surface area (Å²) in [4.78, 5) is 3.95. The molecule has 0 saturated carbocycles. The SMILES string of the molecule is [CH-]=Cc1cc(C)cc(N)n1.[Y]. The van der Waals surface area contributed by atoms with Gasteiger partial charge in [0, 0.05) is 32.7 Å². The molecule has 0 amide bonds. The maximum Gasteiger partial charge on any atom is 0.105 e. The monoisotopic (exact) mass is 222 g/mol. The standard InChI is InChI=1S/C8H9N2.Y/c1-3-7-4-6(2)5-8(9)10-7;/h1,3-5H,2H3,(H2,9,10);/q-1;. The smallest absolute Gasteiger partial charge is 0.105 e. The molecule has 0 aromatic carbocycles. The molecule has 55 valence electrons. The zero-order valence-corrected chi connectivity index (χ0v) is 9.25. The molecular weight excluding hydrogens is 213 g/mol. The second kappa shape index (κ2) is 4.63. The summed E-state index contributed by atoms with van der Waals surface area (Å²) >= 11 is 0. The van der Waals surface area contributed by atoms with Gasteiger partial charge in [-0.15, -0.1) is 6.07 Å². The Morgan fingerprint density at radius 3 is 2.64 bits per heavy atom. The molecule has 1 heterocycles. The number of rotatable bonds is 1. The van der Waals surface area contributed by atoms with Crippen LogP contribution < -0.4 is 5.73 Å². The van der Waals surface area contributed by atoms with Crippen molar-refractivity contribution in [2.75, 3.05) is 5.73 Å². The van der Waals surface area contributed by atoms with Crippen molar-refractivity contribution in [3.8, 4) is 0 Å². The Balaban J connectivity index is 0.000001000.